The van der Waals surface area contributed by atoms with Crippen LogP contribution in [0.3, 0.4) is 0 Å². The molecule has 0 amide bonds. The smallest absolute Gasteiger partial charge is 0.281 e. The molecule has 0 aliphatic carbocycles. The highest BCUT2D eigenvalue weighted by molar-refractivity contribution is 7.98. The number of nitrogens with two attached hydrogens (primary N) is 1. The van der Waals surface area contributed by atoms with E-state index in [0.717, 1.165) is 4.90 Å². The normalized spacial score (nSPS) is 11.5. The van der Waals surface area contributed by atoms with Crippen molar-refractivity contribution < 1.29 is 8.42 Å². The highest BCUT2D eigenvalue weighted by Crippen LogP contribution is 2.22. The number of aromatic nitrogens is 2. The van der Waals surface area contributed by atoms with E-state index in [1.165, 1.54) is 10.9 Å². The Morgan fingerprint density at radius 3 is 2.42 bits per heavy atom. The minimum atomic E-state index is -3.73. The third kappa shape index (κ3) is 2.85. The summed E-state index contributed by atoms with van der Waals surface area (Å²) in [6.07, 6.45) is 3.32. The van der Waals surface area contributed by atoms with E-state index in [4.69, 9.17) is 5.73 Å². The van der Waals surface area contributed by atoms with Crippen molar-refractivity contribution in [2.45, 2.75) is 9.92 Å². The highest BCUT2D eigenvalue weighted by atomic mass is 32.2. The third-order valence-electron chi connectivity index (χ3n) is 2.51. The van der Waals surface area contributed by atoms with E-state index < -0.39 is 10.0 Å². The zero-order chi connectivity index (χ0) is 14.0. The molecule has 0 bridgehead atoms. The maximum atomic E-state index is 12.2. The van der Waals surface area contributed by atoms with Gasteiger partial charge in [0.1, 0.15) is 0 Å². The fourth-order valence-corrected chi connectivity index (χ4v) is 3.33. The van der Waals surface area contributed by atoms with Crippen molar-refractivity contribution in [3.63, 3.8) is 0 Å². The predicted molar refractivity (Wildman–Crippen MR) is 76.7 cm³/mol. The van der Waals surface area contributed by atoms with Gasteiger partial charge in [0, 0.05) is 17.6 Å². The van der Waals surface area contributed by atoms with Gasteiger partial charge in [0.25, 0.3) is 10.0 Å². The second-order valence-corrected chi connectivity index (χ2v) is 6.36. The van der Waals surface area contributed by atoms with Crippen LogP contribution in [-0.4, -0.2) is 24.2 Å². The summed E-state index contributed by atoms with van der Waals surface area (Å²) in [5, 5.41) is -0.0403. The van der Waals surface area contributed by atoms with Crippen molar-refractivity contribution in [3.8, 4) is 0 Å². The zero-order valence-electron chi connectivity index (χ0n) is 10.5. The number of benzene rings is 1. The van der Waals surface area contributed by atoms with Gasteiger partial charge in [-0.2, -0.15) is 8.42 Å². The SMILES string of the molecule is CSc1ccc(NS(=O)(=O)c2c(N)ncn2C)cc1. The minimum absolute atomic E-state index is 0.0178. The maximum Gasteiger partial charge on any atom is 0.281 e. The molecule has 0 radical (unpaired) electrons. The number of nitrogens with one attached hydrogen (secondary N) is 1. The first-order valence-corrected chi connectivity index (χ1v) is 8.08. The molecule has 0 saturated carbocycles. The van der Waals surface area contributed by atoms with Gasteiger partial charge in [0.15, 0.2) is 10.8 Å². The molecule has 0 saturated heterocycles. The molecule has 1 aromatic heterocycles. The lowest BCUT2D eigenvalue weighted by Gasteiger charge is -2.09. The molecule has 102 valence electrons. The Morgan fingerprint density at radius 1 is 1.32 bits per heavy atom. The number of anilines is 2. The third-order valence-corrected chi connectivity index (χ3v) is 4.76. The van der Waals surface area contributed by atoms with Crippen molar-refractivity contribution in [2.75, 3.05) is 16.7 Å². The second kappa shape index (κ2) is 5.14. The van der Waals surface area contributed by atoms with E-state index in [0.29, 0.717) is 5.69 Å². The number of thioether (sulfide) groups is 1. The molecular weight excluding hydrogens is 284 g/mol. The van der Waals surface area contributed by atoms with Gasteiger partial charge in [0.05, 0.1) is 6.33 Å². The molecule has 0 fully saturated rings. The Labute approximate surface area is 116 Å². The van der Waals surface area contributed by atoms with E-state index in [1.54, 1.807) is 30.9 Å². The molecule has 19 heavy (non-hydrogen) atoms. The lowest BCUT2D eigenvalue weighted by molar-refractivity contribution is 0.592. The number of imidazole rings is 1. The zero-order valence-corrected chi connectivity index (χ0v) is 12.1. The van der Waals surface area contributed by atoms with E-state index in [2.05, 4.69) is 9.71 Å². The van der Waals surface area contributed by atoms with E-state index >= 15 is 0 Å². The first-order valence-electron chi connectivity index (χ1n) is 5.37. The van der Waals surface area contributed by atoms with E-state index in [1.807, 2.05) is 18.4 Å². The van der Waals surface area contributed by atoms with Crippen LogP contribution >= 0.6 is 11.8 Å². The molecule has 8 heteroatoms. The van der Waals surface area contributed by atoms with Crippen molar-refractivity contribution in [1.82, 2.24) is 9.55 Å². The molecule has 0 aliphatic rings. The van der Waals surface area contributed by atoms with E-state index in [-0.39, 0.29) is 10.8 Å². The second-order valence-electron chi connectivity index (χ2n) is 3.88. The molecule has 2 rings (SSSR count). The van der Waals surface area contributed by atoms with Gasteiger partial charge in [-0.25, -0.2) is 4.98 Å². The van der Waals surface area contributed by atoms with Crippen LogP contribution in [0.2, 0.25) is 0 Å². The summed E-state index contributed by atoms with van der Waals surface area (Å²) in [6.45, 7) is 0. The van der Waals surface area contributed by atoms with Crippen molar-refractivity contribution in [1.29, 1.82) is 0 Å². The number of hydrogen-bond acceptors (Lipinski definition) is 5. The number of hydrogen-bond donors (Lipinski definition) is 2. The lowest BCUT2D eigenvalue weighted by Crippen LogP contribution is -2.17. The Morgan fingerprint density at radius 2 is 1.95 bits per heavy atom. The molecule has 0 aliphatic heterocycles. The fraction of sp³-hybridized carbons (Fsp3) is 0.182. The van der Waals surface area contributed by atoms with Crippen LogP contribution in [0.1, 0.15) is 0 Å². The Kier molecular flexibility index (Phi) is 3.72. The number of rotatable bonds is 4. The summed E-state index contributed by atoms with van der Waals surface area (Å²) in [5.41, 5.74) is 6.06. The van der Waals surface area contributed by atoms with Gasteiger partial charge < -0.3 is 10.3 Å². The first-order chi connectivity index (χ1) is 8.94. The van der Waals surface area contributed by atoms with Crippen molar-refractivity contribution in [3.05, 3.63) is 30.6 Å². The largest absolute Gasteiger partial charge is 0.381 e. The maximum absolute atomic E-state index is 12.2. The molecule has 6 nitrogen and oxygen atoms in total. The number of aryl methyl sites for hydroxylation is 1. The number of nitrogen functional groups attached to an aromatic ring is 1. The predicted octanol–water partition coefficient (Wildman–Crippen LogP) is 1.53. The Balaban J connectivity index is 2.31. The lowest BCUT2D eigenvalue weighted by atomic mass is 10.3. The van der Waals surface area contributed by atoms with E-state index in [9.17, 15) is 8.42 Å². The van der Waals surface area contributed by atoms with Gasteiger partial charge in [-0.15, -0.1) is 11.8 Å². The van der Waals surface area contributed by atoms with Crippen molar-refractivity contribution >= 4 is 33.3 Å². The topological polar surface area (TPSA) is 90.0 Å². The summed E-state index contributed by atoms with van der Waals surface area (Å²) in [4.78, 5) is 4.83. The number of sulfonamides is 1. The fourth-order valence-electron chi connectivity index (χ4n) is 1.63. The summed E-state index contributed by atoms with van der Waals surface area (Å²) in [5.74, 6) is -0.0178. The summed E-state index contributed by atoms with van der Waals surface area (Å²) in [7, 11) is -2.15. The number of nitrogens with zero attached hydrogens (tertiary/aromatic N) is 2. The average Bonchev–Trinajstić information content (AvgIpc) is 2.70. The van der Waals surface area contributed by atoms with Crippen LogP contribution in [0.25, 0.3) is 0 Å². The minimum Gasteiger partial charge on any atom is -0.381 e. The summed E-state index contributed by atoms with van der Waals surface area (Å²) < 4.78 is 28.2. The van der Waals surface area contributed by atoms with Gasteiger partial charge in [0.2, 0.25) is 0 Å². The Bertz CT molecular complexity index is 658. The highest BCUT2D eigenvalue weighted by Gasteiger charge is 2.22. The molecule has 3 N–H and O–H groups in total. The molecule has 2 aromatic rings. The average molecular weight is 298 g/mol. The summed E-state index contributed by atoms with van der Waals surface area (Å²) >= 11 is 1.59. The van der Waals surface area contributed by atoms with Crippen LogP contribution in [0.5, 0.6) is 0 Å². The Hall–Kier alpha value is -1.67. The monoisotopic (exact) mass is 298 g/mol. The standard InChI is InChI=1S/C11H14N4O2S2/c1-15-7-13-10(12)11(15)19(16,17)14-8-3-5-9(18-2)6-4-8/h3-7,14H,12H2,1-2H3. The van der Waals surface area contributed by atoms with Crippen LogP contribution in [0, 0.1) is 0 Å². The van der Waals surface area contributed by atoms with Gasteiger partial charge in [-0.05, 0) is 30.5 Å². The van der Waals surface area contributed by atoms with Gasteiger partial charge in [-0.3, -0.25) is 4.72 Å². The van der Waals surface area contributed by atoms with Crippen molar-refractivity contribution in [2.24, 2.45) is 7.05 Å². The van der Waals surface area contributed by atoms with Crippen LogP contribution < -0.4 is 10.5 Å². The molecule has 0 atom stereocenters. The first kappa shape index (κ1) is 13.8. The van der Waals surface area contributed by atoms with Gasteiger partial charge in [-0.1, -0.05) is 0 Å². The molecular formula is C11H14N4O2S2. The van der Waals surface area contributed by atoms with Crippen LogP contribution in [0.15, 0.2) is 40.5 Å². The van der Waals surface area contributed by atoms with Gasteiger partial charge >= 0.3 is 0 Å². The molecule has 0 spiro atoms. The van der Waals surface area contributed by atoms with Crippen LogP contribution in [0.4, 0.5) is 11.5 Å². The molecule has 1 aromatic carbocycles. The molecule has 0 unspecified atom stereocenters. The van der Waals surface area contributed by atoms with Crippen LogP contribution in [-0.2, 0) is 17.1 Å². The quantitative estimate of drug-likeness (QED) is 0.835. The summed E-state index contributed by atoms with van der Waals surface area (Å²) in [6, 6.07) is 7.09. The molecule has 1 heterocycles.